The molecule has 6 rings (SSSR count). The molecule has 1 heterocycles. The van der Waals surface area contributed by atoms with Crippen LogP contribution in [0, 0.1) is 5.41 Å². The van der Waals surface area contributed by atoms with Crippen LogP contribution >= 0.6 is 11.6 Å². The van der Waals surface area contributed by atoms with Crippen molar-refractivity contribution in [3.05, 3.63) is 95.4 Å². The number of aromatic nitrogens is 3. The third kappa shape index (κ3) is 12.7. The van der Waals surface area contributed by atoms with Gasteiger partial charge >= 0.3 is 118 Å². The minimum Gasteiger partial charge on any atom is -0.744 e. The molecular weight excluding hydrogens is 922 g/mol. The second-order valence-corrected chi connectivity index (χ2v) is 16.7. The Morgan fingerprint density at radius 2 is 1.02 bits per heavy atom. The maximum Gasteiger partial charge on any atom is 1.00 e. The number of aromatic amines is 2. The molecule has 1 aromatic heterocycles. The third-order valence-electron chi connectivity index (χ3n) is 7.38. The van der Waals surface area contributed by atoms with E-state index in [9.17, 15) is 51.9 Å². The first-order valence-corrected chi connectivity index (χ1v) is 20.5. The molecule has 30 heteroatoms. The summed E-state index contributed by atoms with van der Waals surface area (Å²) in [5, 5.41) is 23.2. The van der Waals surface area contributed by atoms with Gasteiger partial charge in [0.05, 0.1) is 42.3 Å². The molecule has 0 aliphatic carbocycles. The Balaban J connectivity index is 0.00000300. The number of benzene rings is 5. The predicted octanol–water partition coefficient (Wildman–Crippen LogP) is -8.13. The summed E-state index contributed by atoms with van der Waals surface area (Å²) in [7, 11) is -20.6. The van der Waals surface area contributed by atoms with Crippen molar-refractivity contribution in [3.63, 3.8) is 0 Å². The van der Waals surface area contributed by atoms with Gasteiger partial charge in [0.1, 0.15) is 46.2 Å². The summed E-state index contributed by atoms with van der Waals surface area (Å²) in [6.45, 7) is 0. The molecule has 0 atom stereocenters. The second-order valence-electron chi connectivity index (χ2n) is 10.9. The van der Waals surface area contributed by atoms with Gasteiger partial charge in [-0.3, -0.25) is 10.4 Å². The van der Waals surface area contributed by atoms with Gasteiger partial charge in [0.2, 0.25) is 16.5 Å². The van der Waals surface area contributed by atoms with Crippen LogP contribution in [0.15, 0.2) is 124 Å². The Morgan fingerprint density at radius 1 is 0.525 bits per heavy atom. The average molecular weight is 938 g/mol. The zero-order valence-electron chi connectivity index (χ0n) is 30.6. The van der Waals surface area contributed by atoms with Crippen LogP contribution in [0.4, 0.5) is 28.4 Å². The van der Waals surface area contributed by atoms with E-state index in [2.05, 4.69) is 40.4 Å². The van der Waals surface area contributed by atoms with Gasteiger partial charge in [0.15, 0.2) is 0 Å². The van der Waals surface area contributed by atoms with Crippen LogP contribution in [0.25, 0.3) is 21.5 Å². The maximum atomic E-state index is 12.3. The Kier molecular flexibility index (Phi) is 18.8. The van der Waals surface area contributed by atoms with Crippen LogP contribution in [0.3, 0.4) is 0 Å². The summed E-state index contributed by atoms with van der Waals surface area (Å²) in [5.41, 5.74) is -1.72. The molecule has 284 valence electrons. The fraction of sp³-hybridized carbons (Fsp3) is 0. The van der Waals surface area contributed by atoms with E-state index in [0.29, 0.717) is 18.2 Å². The summed E-state index contributed by atoms with van der Waals surface area (Å²) in [5.74, 6) is 0. The van der Waals surface area contributed by atoms with E-state index in [-0.39, 0.29) is 173 Å². The number of azo groups is 2. The molecule has 59 heavy (non-hydrogen) atoms. The number of hydrogen-bond donors (Lipinski definition) is 3. The van der Waals surface area contributed by atoms with Gasteiger partial charge in [-0.1, -0.05) is 18.2 Å². The van der Waals surface area contributed by atoms with Crippen LogP contribution in [-0.2, 0) is 40.5 Å². The number of fused-ring (bicyclic) bond motifs is 2. The van der Waals surface area contributed by atoms with Crippen molar-refractivity contribution in [1.82, 2.24) is 15.0 Å². The number of hydrogen-bond acceptors (Lipinski definition) is 19. The topological polar surface area (TPSA) is 359 Å². The van der Waals surface area contributed by atoms with Gasteiger partial charge in [-0.05, 0) is 72.3 Å². The van der Waals surface area contributed by atoms with E-state index in [1.54, 1.807) is 0 Å². The molecule has 0 radical (unpaired) electrons. The van der Waals surface area contributed by atoms with Crippen molar-refractivity contribution in [1.29, 1.82) is 5.41 Å². The fourth-order valence-electron chi connectivity index (χ4n) is 5.08. The zero-order chi connectivity index (χ0) is 40.1. The fourth-order valence-corrected chi connectivity index (χ4v) is 7.55. The first-order chi connectivity index (χ1) is 25.6. The summed E-state index contributed by atoms with van der Waals surface area (Å²) in [6.07, 6.45) is 0. The van der Waals surface area contributed by atoms with E-state index in [0.717, 1.165) is 30.3 Å². The van der Waals surface area contributed by atoms with Crippen molar-refractivity contribution < 1.29 is 170 Å². The zero-order valence-corrected chi connectivity index (χ0v) is 42.6. The van der Waals surface area contributed by atoms with E-state index >= 15 is 0 Å². The minimum atomic E-state index is -5.28. The number of H-pyrrole nitrogens is 2. The Labute approximate surface area is 427 Å². The molecule has 6 aromatic rings. The third-order valence-corrected chi connectivity index (χ3v) is 11.0. The number of halogens is 1. The van der Waals surface area contributed by atoms with E-state index < -0.39 is 71.4 Å². The molecule has 0 aliphatic rings. The van der Waals surface area contributed by atoms with Crippen LogP contribution < -0.4 is 129 Å². The minimum absolute atomic E-state index is 0. The quantitative estimate of drug-likeness (QED) is 0.0690. The van der Waals surface area contributed by atoms with E-state index in [1.807, 2.05) is 0 Å². The van der Waals surface area contributed by atoms with Gasteiger partial charge in [-0.15, -0.1) is 20.5 Å². The maximum absolute atomic E-state index is 12.3. The predicted molar refractivity (Wildman–Crippen MR) is 184 cm³/mol. The molecule has 5 aromatic carbocycles. The van der Waals surface area contributed by atoms with Crippen molar-refractivity contribution >= 4 is 102 Å². The molecule has 0 amide bonds. The number of rotatable bonds is 9. The number of nitrogens with zero attached hydrogens (tertiary/aromatic N) is 6. The van der Waals surface area contributed by atoms with Crippen LogP contribution in [0.1, 0.15) is 0 Å². The molecule has 0 fully saturated rings. The van der Waals surface area contributed by atoms with Crippen LogP contribution in [0.2, 0.25) is 5.28 Å². The molecule has 0 spiro atoms. The van der Waals surface area contributed by atoms with Gasteiger partial charge < -0.3 is 23.2 Å². The average Bonchev–Trinajstić information content (AvgIpc) is 3.08. The Bertz CT molecular complexity index is 3280. The van der Waals surface area contributed by atoms with Crippen molar-refractivity contribution in [3.8, 4) is 0 Å². The van der Waals surface area contributed by atoms with Crippen molar-refractivity contribution in [2.45, 2.75) is 19.6 Å². The first kappa shape index (κ1) is 53.5. The summed E-state index contributed by atoms with van der Waals surface area (Å²) in [4.78, 5) is 9.50. The van der Waals surface area contributed by atoms with Crippen molar-refractivity contribution in [2.75, 3.05) is 0 Å². The van der Waals surface area contributed by atoms with Crippen molar-refractivity contribution in [2.24, 2.45) is 25.4 Å². The van der Waals surface area contributed by atoms with Crippen LogP contribution in [0.5, 0.6) is 0 Å². The van der Waals surface area contributed by atoms with Gasteiger partial charge in [-0.25, -0.2) is 38.7 Å². The van der Waals surface area contributed by atoms with E-state index in [1.165, 1.54) is 30.3 Å². The van der Waals surface area contributed by atoms with Gasteiger partial charge in [0.25, 0.3) is 0 Å². The SMILES string of the molecule is N=c1nc(Cl)[nH]c(=Nc2ccc(N=Nc3ccc(N=Nc4cc(S(=O)(=O)[O-])ccc4S(=O)(=O)[O-])c4cc(S(=O)(=O)[O-])ccc34)c3cccc(S(=O)(=O)[O-])c23)[nH]1.[Na+].[Na+].[Na+].[Na+]. The molecule has 21 nitrogen and oxygen atoms in total. The Morgan fingerprint density at radius 3 is 1.56 bits per heavy atom. The monoisotopic (exact) mass is 937 g/mol. The molecule has 0 unspecified atom stereocenters. The molecule has 3 N–H and O–H groups in total. The molecule has 0 aliphatic heterocycles. The standard InChI is InChI=1S/C29H20ClN9O12S4.4Na/c30-27-33-28(31)35-29(34-27)32-22-10-9-20(17-2-1-3-25(26(17)22)55(49,50)51)37-36-19-7-8-21(18-12-14(52(40,41)42)4-6-16(18)19)38-39-23-13-15(53(43,44)45)5-11-24(23)54(46,47)48;;;;/h1-13H,(H,40,41,42)(H,43,44,45)(H,46,47,48)(H,49,50,51)(H3,31,32,33,34,35);;;;/q;4*+1/p-4. The summed E-state index contributed by atoms with van der Waals surface area (Å²) >= 11 is 5.87. The smallest absolute Gasteiger partial charge is 0.744 e. The molecular formula is C29H16ClN9Na4O12S4. The first-order valence-electron chi connectivity index (χ1n) is 14.5. The molecule has 0 saturated heterocycles. The van der Waals surface area contributed by atoms with E-state index in [4.69, 9.17) is 17.0 Å². The normalized spacial score (nSPS) is 12.5. The summed E-state index contributed by atoms with van der Waals surface area (Å²) in [6, 6.07) is 13.4. The molecule has 0 bridgehead atoms. The largest absolute Gasteiger partial charge is 1.00 e. The van der Waals surface area contributed by atoms with Crippen LogP contribution in [-0.4, -0.2) is 66.8 Å². The number of nitrogens with one attached hydrogen (secondary N) is 3. The second kappa shape index (κ2) is 20.7. The molecule has 0 saturated carbocycles. The van der Waals surface area contributed by atoms with Gasteiger partial charge in [0, 0.05) is 21.5 Å². The summed E-state index contributed by atoms with van der Waals surface area (Å²) < 4.78 is 143. The Hall–Kier alpha value is -1.64. The van der Waals surface area contributed by atoms with Gasteiger partial charge in [-0.2, -0.15) is 4.98 Å².